The van der Waals surface area contributed by atoms with E-state index in [4.69, 9.17) is 10.5 Å². The average molecular weight is 408 g/mol. The molecule has 0 aliphatic heterocycles. The lowest BCUT2D eigenvalue weighted by Gasteiger charge is -2.12. The standard InChI is InChI=1S/C23H25FN4O2/c1-28(2)10-9-26-23(29)17-6-4-5-15(11-17)18-12-19(22(25)27-14-18)16-7-8-21(30-3)20(24)13-16/h4-8,11-14H,9-10H2,1-3H3,(H2,25,27)(H,26,29). The van der Waals surface area contributed by atoms with Crippen LogP contribution in [0.1, 0.15) is 10.4 Å². The Morgan fingerprint density at radius 3 is 2.63 bits per heavy atom. The first kappa shape index (κ1) is 21.3. The highest BCUT2D eigenvalue weighted by Crippen LogP contribution is 2.32. The van der Waals surface area contributed by atoms with Crippen LogP contribution >= 0.6 is 0 Å². The Morgan fingerprint density at radius 1 is 1.13 bits per heavy atom. The number of amides is 1. The second-order valence-corrected chi connectivity index (χ2v) is 7.15. The number of carbonyl (C=O) groups excluding carboxylic acids is 1. The Kier molecular flexibility index (Phi) is 6.64. The van der Waals surface area contributed by atoms with Gasteiger partial charge in [-0.1, -0.05) is 18.2 Å². The molecule has 0 bridgehead atoms. The summed E-state index contributed by atoms with van der Waals surface area (Å²) >= 11 is 0. The van der Waals surface area contributed by atoms with Gasteiger partial charge in [0.2, 0.25) is 0 Å². The number of hydrogen-bond donors (Lipinski definition) is 2. The Labute approximate surface area is 175 Å². The molecule has 3 rings (SSSR count). The Balaban J connectivity index is 1.89. The van der Waals surface area contributed by atoms with E-state index >= 15 is 0 Å². The lowest BCUT2D eigenvalue weighted by atomic mass is 9.99. The molecule has 6 nitrogen and oxygen atoms in total. The highest BCUT2D eigenvalue weighted by atomic mass is 19.1. The Hall–Kier alpha value is -3.45. The number of nitrogens with zero attached hydrogens (tertiary/aromatic N) is 2. The summed E-state index contributed by atoms with van der Waals surface area (Å²) < 4.78 is 19.1. The Bertz CT molecular complexity index is 1050. The maximum atomic E-state index is 14.2. The van der Waals surface area contributed by atoms with E-state index in [1.807, 2.05) is 37.2 Å². The number of likely N-dealkylation sites (N-methyl/N-ethyl adjacent to an activating group) is 1. The second-order valence-electron chi connectivity index (χ2n) is 7.15. The van der Waals surface area contributed by atoms with Gasteiger partial charge in [-0.15, -0.1) is 0 Å². The molecule has 3 aromatic rings. The van der Waals surface area contributed by atoms with Crippen molar-refractivity contribution in [1.82, 2.24) is 15.2 Å². The molecule has 3 N–H and O–H groups in total. The summed E-state index contributed by atoms with van der Waals surface area (Å²) in [6, 6.07) is 13.8. The molecule has 7 heteroatoms. The number of carbonyl (C=O) groups is 1. The number of halogens is 1. The van der Waals surface area contributed by atoms with E-state index < -0.39 is 5.82 Å². The number of benzene rings is 2. The quantitative estimate of drug-likeness (QED) is 0.626. The van der Waals surface area contributed by atoms with Gasteiger partial charge in [0.05, 0.1) is 7.11 Å². The van der Waals surface area contributed by atoms with Crippen molar-refractivity contribution in [3.05, 3.63) is 66.1 Å². The fourth-order valence-electron chi connectivity index (χ4n) is 3.03. The zero-order valence-electron chi connectivity index (χ0n) is 17.3. The molecule has 1 aromatic heterocycles. The first-order valence-electron chi connectivity index (χ1n) is 9.52. The molecule has 0 spiro atoms. The van der Waals surface area contributed by atoms with Gasteiger partial charge in [-0.05, 0) is 55.6 Å². The number of anilines is 1. The van der Waals surface area contributed by atoms with Gasteiger partial charge in [0, 0.05) is 36.0 Å². The highest BCUT2D eigenvalue weighted by molar-refractivity contribution is 5.95. The maximum Gasteiger partial charge on any atom is 0.251 e. The first-order chi connectivity index (χ1) is 14.4. The van der Waals surface area contributed by atoms with Crippen LogP contribution in [0, 0.1) is 5.82 Å². The first-order valence-corrected chi connectivity index (χ1v) is 9.52. The number of aromatic nitrogens is 1. The molecule has 1 heterocycles. The zero-order valence-corrected chi connectivity index (χ0v) is 17.3. The van der Waals surface area contributed by atoms with Gasteiger partial charge in [-0.25, -0.2) is 9.37 Å². The summed E-state index contributed by atoms with van der Waals surface area (Å²) in [6.07, 6.45) is 1.64. The minimum atomic E-state index is -0.476. The maximum absolute atomic E-state index is 14.2. The molecule has 0 aliphatic carbocycles. The van der Waals surface area contributed by atoms with Crippen LogP contribution in [0.2, 0.25) is 0 Å². The lowest BCUT2D eigenvalue weighted by Crippen LogP contribution is -2.31. The number of nitrogens with two attached hydrogens (primary N) is 1. The van der Waals surface area contributed by atoms with Gasteiger partial charge in [0.25, 0.3) is 5.91 Å². The molecule has 0 atom stereocenters. The van der Waals surface area contributed by atoms with Crippen molar-refractivity contribution in [2.45, 2.75) is 0 Å². The second kappa shape index (κ2) is 9.37. The molecule has 0 fully saturated rings. The van der Waals surface area contributed by atoms with Crippen molar-refractivity contribution in [3.8, 4) is 28.0 Å². The molecule has 0 radical (unpaired) electrons. The van der Waals surface area contributed by atoms with Crippen molar-refractivity contribution in [1.29, 1.82) is 0 Å². The van der Waals surface area contributed by atoms with Gasteiger partial charge < -0.3 is 20.7 Å². The summed E-state index contributed by atoms with van der Waals surface area (Å²) in [7, 11) is 5.32. The third-order valence-electron chi connectivity index (χ3n) is 4.68. The minimum absolute atomic E-state index is 0.139. The highest BCUT2D eigenvalue weighted by Gasteiger charge is 2.12. The number of pyridine rings is 1. The van der Waals surface area contributed by atoms with Gasteiger partial charge in [-0.3, -0.25) is 4.79 Å². The number of ether oxygens (including phenoxy) is 1. The summed E-state index contributed by atoms with van der Waals surface area (Å²) in [6.45, 7) is 1.32. The molecule has 30 heavy (non-hydrogen) atoms. The van der Waals surface area contributed by atoms with Crippen LogP contribution in [0.3, 0.4) is 0 Å². The fraction of sp³-hybridized carbons (Fsp3) is 0.217. The summed E-state index contributed by atoms with van der Waals surface area (Å²) in [5, 5.41) is 2.90. The van der Waals surface area contributed by atoms with Crippen LogP contribution < -0.4 is 15.8 Å². The van der Waals surface area contributed by atoms with Crippen LogP contribution in [0.25, 0.3) is 22.3 Å². The molecule has 0 saturated heterocycles. The van der Waals surface area contributed by atoms with Crippen molar-refractivity contribution < 1.29 is 13.9 Å². The molecule has 0 aliphatic rings. The Morgan fingerprint density at radius 2 is 1.93 bits per heavy atom. The van der Waals surface area contributed by atoms with E-state index in [9.17, 15) is 9.18 Å². The molecule has 156 valence electrons. The summed E-state index contributed by atoms with van der Waals surface area (Å²) in [5.74, 6) is -0.161. The lowest BCUT2D eigenvalue weighted by molar-refractivity contribution is 0.0951. The van der Waals surface area contributed by atoms with Gasteiger partial charge in [-0.2, -0.15) is 0 Å². The molecular formula is C23H25FN4O2. The molecule has 2 aromatic carbocycles. The van der Waals surface area contributed by atoms with Crippen LogP contribution in [0.15, 0.2) is 54.7 Å². The van der Waals surface area contributed by atoms with Crippen molar-refractivity contribution in [2.75, 3.05) is 40.0 Å². The van der Waals surface area contributed by atoms with Gasteiger partial charge >= 0.3 is 0 Å². The van der Waals surface area contributed by atoms with Crippen LogP contribution in [-0.2, 0) is 0 Å². The number of nitrogen functional groups attached to an aromatic ring is 1. The minimum Gasteiger partial charge on any atom is -0.494 e. The van der Waals surface area contributed by atoms with Gasteiger partial charge in [0.1, 0.15) is 5.82 Å². The van der Waals surface area contributed by atoms with E-state index in [2.05, 4.69) is 10.3 Å². The van der Waals surface area contributed by atoms with Crippen molar-refractivity contribution in [3.63, 3.8) is 0 Å². The van der Waals surface area contributed by atoms with E-state index in [-0.39, 0.29) is 11.7 Å². The number of hydrogen-bond acceptors (Lipinski definition) is 5. The van der Waals surface area contributed by atoms with E-state index in [1.165, 1.54) is 13.2 Å². The molecular weight excluding hydrogens is 383 g/mol. The topological polar surface area (TPSA) is 80.5 Å². The number of rotatable bonds is 7. The summed E-state index contributed by atoms with van der Waals surface area (Å²) in [5.41, 5.74) is 9.40. The van der Waals surface area contributed by atoms with E-state index in [1.54, 1.807) is 30.5 Å². The molecule has 0 unspecified atom stereocenters. The SMILES string of the molecule is COc1ccc(-c2cc(-c3cccc(C(=O)NCCN(C)C)c3)cnc2N)cc1F. The average Bonchev–Trinajstić information content (AvgIpc) is 2.73. The number of methoxy groups -OCH3 is 1. The van der Waals surface area contributed by atoms with Crippen LogP contribution in [0.4, 0.5) is 10.2 Å². The van der Waals surface area contributed by atoms with Crippen molar-refractivity contribution >= 4 is 11.7 Å². The number of nitrogens with one attached hydrogen (secondary N) is 1. The molecule has 0 saturated carbocycles. The third kappa shape index (κ3) is 4.93. The largest absolute Gasteiger partial charge is 0.494 e. The fourth-order valence-corrected chi connectivity index (χ4v) is 3.03. The summed E-state index contributed by atoms with van der Waals surface area (Å²) in [4.78, 5) is 18.7. The third-order valence-corrected chi connectivity index (χ3v) is 4.68. The van der Waals surface area contributed by atoms with E-state index in [0.717, 1.165) is 17.7 Å². The predicted molar refractivity (Wildman–Crippen MR) is 117 cm³/mol. The van der Waals surface area contributed by atoms with Crippen molar-refractivity contribution in [2.24, 2.45) is 0 Å². The van der Waals surface area contributed by atoms with Crippen LogP contribution in [-0.4, -0.2) is 50.1 Å². The predicted octanol–water partition coefficient (Wildman–Crippen LogP) is 3.44. The zero-order chi connectivity index (χ0) is 21.7. The smallest absolute Gasteiger partial charge is 0.251 e. The van der Waals surface area contributed by atoms with E-state index in [0.29, 0.717) is 29.1 Å². The normalized spacial score (nSPS) is 10.8. The molecule has 1 amide bonds. The monoisotopic (exact) mass is 408 g/mol. The van der Waals surface area contributed by atoms with Gasteiger partial charge in [0.15, 0.2) is 11.6 Å². The van der Waals surface area contributed by atoms with Crippen LogP contribution in [0.5, 0.6) is 5.75 Å².